The summed E-state index contributed by atoms with van der Waals surface area (Å²) in [4.78, 5) is 13.5. The lowest BCUT2D eigenvalue weighted by molar-refractivity contribution is 0.122. The van der Waals surface area contributed by atoms with Gasteiger partial charge in [0.25, 0.3) is 0 Å². The highest BCUT2D eigenvalue weighted by atomic mass is 32.1. The normalized spacial score (nSPS) is 12.3. The number of aryl methyl sites for hydroxylation is 1. The zero-order chi connectivity index (χ0) is 15.7. The number of fused-ring (bicyclic) bond motifs is 1. The highest BCUT2D eigenvalue weighted by Gasteiger charge is 2.19. The van der Waals surface area contributed by atoms with Crippen LogP contribution in [0.3, 0.4) is 0 Å². The number of hydrogen-bond acceptors (Lipinski definition) is 5. The van der Waals surface area contributed by atoms with Gasteiger partial charge in [0.05, 0.1) is 4.88 Å². The molecule has 0 aliphatic heterocycles. The number of thiazole rings is 1. The minimum absolute atomic E-state index is 0.346. The molecule has 0 saturated heterocycles. The molecule has 8 heteroatoms. The van der Waals surface area contributed by atoms with Crippen molar-refractivity contribution in [1.29, 1.82) is 0 Å². The van der Waals surface area contributed by atoms with Crippen LogP contribution in [0.25, 0.3) is 4.96 Å². The first kappa shape index (κ1) is 14.5. The van der Waals surface area contributed by atoms with Crippen LogP contribution in [0, 0.1) is 12.7 Å². The van der Waals surface area contributed by atoms with Gasteiger partial charge in [-0.05, 0) is 32.0 Å². The zero-order valence-electron chi connectivity index (χ0n) is 11.9. The minimum Gasteiger partial charge on any atom is -0.440 e. The number of carbonyl (C=O) groups is 1. The van der Waals surface area contributed by atoms with Gasteiger partial charge >= 0.3 is 6.09 Å². The van der Waals surface area contributed by atoms with Crippen LogP contribution in [-0.2, 0) is 4.74 Å². The molecule has 6 nitrogen and oxygen atoms in total. The molecule has 2 aromatic heterocycles. The van der Waals surface area contributed by atoms with Gasteiger partial charge < -0.3 is 4.74 Å². The van der Waals surface area contributed by atoms with E-state index in [1.165, 1.54) is 29.5 Å². The fourth-order valence-corrected chi connectivity index (χ4v) is 3.15. The van der Waals surface area contributed by atoms with Crippen LogP contribution in [0.1, 0.15) is 23.6 Å². The van der Waals surface area contributed by atoms with Gasteiger partial charge in [-0.1, -0.05) is 17.4 Å². The lowest BCUT2D eigenvalue weighted by Gasteiger charge is -2.13. The second-order valence-electron chi connectivity index (χ2n) is 4.72. The molecule has 2 heterocycles. The summed E-state index contributed by atoms with van der Waals surface area (Å²) in [6, 6.07) is 5.63. The number of benzene rings is 1. The standard InChI is InChI=1S/C14H13FN4O2S/c1-8-12(22-13-18-16-7-19(8)13)9(2)21-14(20)17-11-5-3-4-10(15)6-11/h3-7,9H,1-2H3,(H,17,20)/t9-/m1/s1. The Labute approximate surface area is 129 Å². The second-order valence-corrected chi connectivity index (χ2v) is 5.73. The topological polar surface area (TPSA) is 68.5 Å². The lowest BCUT2D eigenvalue weighted by Crippen LogP contribution is -2.16. The van der Waals surface area contributed by atoms with Gasteiger partial charge in [-0.2, -0.15) is 0 Å². The first-order valence-corrected chi connectivity index (χ1v) is 7.38. The molecule has 114 valence electrons. The van der Waals surface area contributed by atoms with Crippen molar-refractivity contribution in [3.63, 3.8) is 0 Å². The molecule has 0 unspecified atom stereocenters. The fraction of sp³-hybridized carbons (Fsp3) is 0.214. The summed E-state index contributed by atoms with van der Waals surface area (Å²) >= 11 is 1.41. The number of rotatable bonds is 3. The summed E-state index contributed by atoms with van der Waals surface area (Å²) in [6.07, 6.45) is 0.534. The van der Waals surface area contributed by atoms with Crippen molar-refractivity contribution < 1.29 is 13.9 Å². The molecule has 0 bridgehead atoms. The molecule has 0 fully saturated rings. The molecule has 0 aliphatic carbocycles. The Kier molecular flexibility index (Phi) is 3.76. The molecule has 22 heavy (non-hydrogen) atoms. The first-order valence-electron chi connectivity index (χ1n) is 6.57. The molecule has 1 N–H and O–H groups in total. The third-order valence-corrected chi connectivity index (χ3v) is 4.47. The highest BCUT2D eigenvalue weighted by molar-refractivity contribution is 7.17. The second kappa shape index (κ2) is 5.72. The third-order valence-electron chi connectivity index (χ3n) is 3.16. The molecule has 1 atom stereocenters. The van der Waals surface area contributed by atoms with Gasteiger partial charge in [0.15, 0.2) is 0 Å². The molecule has 0 spiro atoms. The highest BCUT2D eigenvalue weighted by Crippen LogP contribution is 2.29. The monoisotopic (exact) mass is 320 g/mol. The van der Waals surface area contributed by atoms with Crippen LogP contribution in [0.4, 0.5) is 14.9 Å². The largest absolute Gasteiger partial charge is 0.440 e. The van der Waals surface area contributed by atoms with E-state index in [0.717, 1.165) is 15.5 Å². The smallest absolute Gasteiger partial charge is 0.412 e. The van der Waals surface area contributed by atoms with E-state index in [-0.39, 0.29) is 0 Å². The molecule has 1 amide bonds. The third kappa shape index (κ3) is 2.77. The zero-order valence-corrected chi connectivity index (χ0v) is 12.7. The van der Waals surface area contributed by atoms with Crippen molar-refractivity contribution in [2.75, 3.05) is 5.32 Å². The molecular formula is C14H13FN4O2S. The summed E-state index contributed by atoms with van der Waals surface area (Å²) in [5.41, 5.74) is 1.27. The molecule has 3 aromatic rings. The quantitative estimate of drug-likeness (QED) is 0.801. The van der Waals surface area contributed by atoms with E-state index in [2.05, 4.69) is 15.5 Å². The summed E-state index contributed by atoms with van der Waals surface area (Å²) < 4.78 is 20.2. The summed E-state index contributed by atoms with van der Waals surface area (Å²) in [5.74, 6) is -0.423. The van der Waals surface area contributed by atoms with Gasteiger partial charge in [0.2, 0.25) is 4.96 Å². The number of nitrogens with one attached hydrogen (secondary N) is 1. The Morgan fingerprint density at radius 2 is 2.32 bits per heavy atom. The van der Waals surface area contributed by atoms with Crippen molar-refractivity contribution in [1.82, 2.24) is 14.6 Å². The number of hydrogen-bond donors (Lipinski definition) is 1. The van der Waals surface area contributed by atoms with Crippen molar-refractivity contribution in [2.45, 2.75) is 20.0 Å². The van der Waals surface area contributed by atoms with E-state index in [1.807, 2.05) is 11.3 Å². The maximum Gasteiger partial charge on any atom is 0.412 e. The Morgan fingerprint density at radius 1 is 1.50 bits per heavy atom. The maximum absolute atomic E-state index is 13.1. The van der Waals surface area contributed by atoms with Crippen LogP contribution in [0.15, 0.2) is 30.6 Å². The van der Waals surface area contributed by atoms with Crippen molar-refractivity contribution >= 4 is 28.1 Å². The van der Waals surface area contributed by atoms with Gasteiger partial charge in [0, 0.05) is 11.4 Å². The Balaban J connectivity index is 1.70. The number of amides is 1. The number of anilines is 1. The molecule has 0 saturated carbocycles. The van der Waals surface area contributed by atoms with Gasteiger partial charge in [-0.15, -0.1) is 10.2 Å². The summed E-state index contributed by atoms with van der Waals surface area (Å²) in [5, 5.41) is 10.3. The van der Waals surface area contributed by atoms with Gasteiger partial charge in [-0.25, -0.2) is 9.18 Å². The lowest BCUT2D eigenvalue weighted by atomic mass is 10.3. The van der Waals surface area contributed by atoms with E-state index in [9.17, 15) is 9.18 Å². The number of halogens is 1. The molecule has 0 aliphatic rings. The molecule has 0 radical (unpaired) electrons. The molecular weight excluding hydrogens is 307 g/mol. The number of ether oxygens (including phenoxy) is 1. The van der Waals surface area contributed by atoms with Crippen LogP contribution in [0.5, 0.6) is 0 Å². The summed E-state index contributed by atoms with van der Waals surface area (Å²) in [6.45, 7) is 3.68. The average molecular weight is 320 g/mol. The van der Waals surface area contributed by atoms with Crippen molar-refractivity contribution in [3.05, 3.63) is 47.0 Å². The predicted molar refractivity (Wildman–Crippen MR) is 80.5 cm³/mol. The molecule has 1 aromatic carbocycles. The van der Waals surface area contributed by atoms with Crippen LogP contribution < -0.4 is 5.32 Å². The van der Waals surface area contributed by atoms with Crippen molar-refractivity contribution in [2.24, 2.45) is 0 Å². The average Bonchev–Trinajstić information content (AvgIpc) is 3.02. The number of carbonyl (C=O) groups excluding carboxylic acids is 1. The Hall–Kier alpha value is -2.48. The maximum atomic E-state index is 13.1. The van der Waals surface area contributed by atoms with Crippen molar-refractivity contribution in [3.8, 4) is 0 Å². The Morgan fingerprint density at radius 3 is 3.05 bits per heavy atom. The van der Waals surface area contributed by atoms with Crippen LogP contribution in [-0.4, -0.2) is 20.7 Å². The number of aromatic nitrogens is 3. The number of nitrogens with zero attached hydrogens (tertiary/aromatic N) is 3. The fourth-order valence-electron chi connectivity index (χ4n) is 2.12. The molecule has 3 rings (SSSR count). The summed E-state index contributed by atoms with van der Waals surface area (Å²) in [7, 11) is 0. The van der Waals surface area contributed by atoms with E-state index in [1.54, 1.807) is 19.3 Å². The van der Waals surface area contributed by atoms with Gasteiger partial charge in [0.1, 0.15) is 18.2 Å². The van der Waals surface area contributed by atoms with Crippen LogP contribution >= 0.6 is 11.3 Å². The van der Waals surface area contributed by atoms with E-state index in [4.69, 9.17) is 4.74 Å². The predicted octanol–water partition coefficient (Wildman–Crippen LogP) is 3.55. The first-order chi connectivity index (χ1) is 10.5. The Bertz CT molecular complexity index is 829. The van der Waals surface area contributed by atoms with E-state index < -0.39 is 18.0 Å². The van der Waals surface area contributed by atoms with E-state index >= 15 is 0 Å². The van der Waals surface area contributed by atoms with E-state index in [0.29, 0.717) is 5.69 Å². The minimum atomic E-state index is -0.637. The van der Waals surface area contributed by atoms with Crippen LogP contribution in [0.2, 0.25) is 0 Å². The van der Waals surface area contributed by atoms with Gasteiger partial charge in [-0.3, -0.25) is 9.72 Å². The SMILES string of the molecule is Cc1c([C@@H](C)OC(=O)Nc2cccc(F)c2)sc2nncn12.